The number of nitrogens with one attached hydrogen (secondary N) is 1. The maximum Gasteiger partial charge on any atom is 0.245 e. The summed E-state index contributed by atoms with van der Waals surface area (Å²) in [6.45, 7) is 2.80. The second kappa shape index (κ2) is 7.03. The number of amides is 1. The van der Waals surface area contributed by atoms with Gasteiger partial charge in [-0.3, -0.25) is 4.79 Å². The molecule has 1 amide bonds. The second-order valence-electron chi connectivity index (χ2n) is 3.31. The van der Waals surface area contributed by atoms with Crippen LogP contribution in [0.25, 0.3) is 0 Å². The Morgan fingerprint density at radius 3 is 3.12 bits per heavy atom. The lowest BCUT2D eigenvalue weighted by molar-refractivity contribution is -0.125. The Morgan fingerprint density at radius 1 is 1.69 bits per heavy atom. The van der Waals surface area contributed by atoms with Crippen molar-refractivity contribution in [2.45, 2.75) is 19.4 Å². The number of aliphatic hydroxyl groups excluding tert-OH is 1. The van der Waals surface area contributed by atoms with Gasteiger partial charge >= 0.3 is 0 Å². The first-order valence-electron chi connectivity index (χ1n) is 5.30. The van der Waals surface area contributed by atoms with Crippen LogP contribution in [0.4, 0.5) is 0 Å². The fourth-order valence-corrected chi connectivity index (χ4v) is 1.22. The topological polar surface area (TPSA) is 71.7 Å². The molecule has 0 fully saturated rings. The van der Waals surface area contributed by atoms with Gasteiger partial charge in [0.2, 0.25) is 5.91 Å². The first kappa shape index (κ1) is 12.7. The van der Waals surface area contributed by atoms with E-state index in [-0.39, 0.29) is 12.5 Å². The maximum absolute atomic E-state index is 11.1. The molecule has 0 saturated heterocycles. The third kappa shape index (κ3) is 4.46. The molecule has 0 saturated carbocycles. The average Bonchev–Trinajstić information content (AvgIpc) is 2.79. The molecule has 1 aromatic rings. The minimum Gasteiger partial charge on any atom is -0.467 e. The number of hydrogen-bond acceptors (Lipinski definition) is 4. The van der Waals surface area contributed by atoms with Gasteiger partial charge < -0.3 is 19.6 Å². The molecule has 0 bridgehead atoms. The highest BCUT2D eigenvalue weighted by atomic mass is 16.5. The van der Waals surface area contributed by atoms with Crippen molar-refractivity contribution in [3.8, 4) is 0 Å². The normalized spacial score (nSPS) is 12.4. The summed E-state index contributed by atoms with van der Waals surface area (Å²) < 4.78 is 9.96. The minimum absolute atomic E-state index is 0.0628. The van der Waals surface area contributed by atoms with Crippen LogP contribution < -0.4 is 5.32 Å². The molecule has 2 N–H and O–H groups in total. The zero-order chi connectivity index (χ0) is 11.8. The molecule has 5 nitrogen and oxygen atoms in total. The van der Waals surface area contributed by atoms with E-state index in [1.54, 1.807) is 12.1 Å². The molecule has 1 unspecified atom stereocenters. The second-order valence-corrected chi connectivity index (χ2v) is 3.31. The lowest BCUT2D eigenvalue weighted by Gasteiger charge is -2.08. The minimum atomic E-state index is -0.678. The van der Waals surface area contributed by atoms with E-state index in [0.29, 0.717) is 25.3 Å². The molecular weight excluding hydrogens is 210 g/mol. The van der Waals surface area contributed by atoms with Crippen LogP contribution in [0.15, 0.2) is 22.8 Å². The highest BCUT2D eigenvalue weighted by Crippen LogP contribution is 2.15. The lowest BCUT2D eigenvalue weighted by Crippen LogP contribution is -2.29. The molecule has 5 heteroatoms. The van der Waals surface area contributed by atoms with Crippen LogP contribution in [0.5, 0.6) is 0 Å². The van der Waals surface area contributed by atoms with Gasteiger partial charge in [-0.05, 0) is 25.5 Å². The summed E-state index contributed by atoms with van der Waals surface area (Å²) in [7, 11) is 0. The van der Waals surface area contributed by atoms with E-state index < -0.39 is 6.10 Å². The number of aliphatic hydroxyl groups is 1. The molecule has 0 aromatic carbocycles. The average molecular weight is 227 g/mol. The first-order chi connectivity index (χ1) is 7.74. The predicted octanol–water partition coefficient (Wildman–Crippen LogP) is 0.856. The molecule has 0 spiro atoms. The van der Waals surface area contributed by atoms with Gasteiger partial charge in [0.05, 0.1) is 6.26 Å². The van der Waals surface area contributed by atoms with E-state index in [9.17, 15) is 9.90 Å². The van der Waals surface area contributed by atoms with Crippen LogP contribution in [0.3, 0.4) is 0 Å². The van der Waals surface area contributed by atoms with Crippen LogP contribution in [0, 0.1) is 0 Å². The van der Waals surface area contributed by atoms with Crippen molar-refractivity contribution in [1.29, 1.82) is 0 Å². The van der Waals surface area contributed by atoms with Gasteiger partial charge in [0, 0.05) is 13.2 Å². The molecule has 90 valence electrons. The zero-order valence-corrected chi connectivity index (χ0v) is 9.31. The molecule has 1 atom stereocenters. The van der Waals surface area contributed by atoms with Crippen LogP contribution in [0.2, 0.25) is 0 Å². The van der Waals surface area contributed by atoms with Gasteiger partial charge in [0.1, 0.15) is 18.5 Å². The van der Waals surface area contributed by atoms with E-state index in [0.717, 1.165) is 0 Å². The summed E-state index contributed by atoms with van der Waals surface area (Å²) in [5.74, 6) is 0.340. The molecule has 1 rings (SSSR count). The summed E-state index contributed by atoms with van der Waals surface area (Å²) >= 11 is 0. The van der Waals surface area contributed by atoms with Gasteiger partial charge in [-0.15, -0.1) is 0 Å². The van der Waals surface area contributed by atoms with Crippen LogP contribution >= 0.6 is 0 Å². The Balaban J connectivity index is 2.13. The van der Waals surface area contributed by atoms with Gasteiger partial charge in [-0.1, -0.05) is 0 Å². The molecule has 1 heterocycles. The van der Waals surface area contributed by atoms with Crippen molar-refractivity contribution >= 4 is 5.91 Å². The van der Waals surface area contributed by atoms with Gasteiger partial charge in [0.25, 0.3) is 0 Å². The Labute approximate surface area is 94.4 Å². The largest absolute Gasteiger partial charge is 0.467 e. The molecule has 0 aliphatic rings. The van der Waals surface area contributed by atoms with Crippen molar-refractivity contribution in [2.75, 3.05) is 19.8 Å². The molecular formula is C11H17NO4. The molecule has 0 aliphatic heterocycles. The van der Waals surface area contributed by atoms with Gasteiger partial charge in [0.15, 0.2) is 0 Å². The lowest BCUT2D eigenvalue weighted by atomic mass is 10.2. The number of rotatable bonds is 7. The van der Waals surface area contributed by atoms with E-state index in [4.69, 9.17) is 9.15 Å². The van der Waals surface area contributed by atoms with Crippen molar-refractivity contribution in [2.24, 2.45) is 0 Å². The van der Waals surface area contributed by atoms with Crippen LogP contribution in [-0.2, 0) is 9.53 Å². The SMILES string of the molecule is CCOCC(=O)NCCC(O)c1ccco1. The van der Waals surface area contributed by atoms with Gasteiger partial charge in [-0.2, -0.15) is 0 Å². The number of carbonyl (C=O) groups is 1. The predicted molar refractivity (Wildman–Crippen MR) is 57.8 cm³/mol. The summed E-state index contributed by atoms with van der Waals surface area (Å²) in [4.78, 5) is 11.1. The standard InChI is InChI=1S/C11H17NO4/c1-2-15-8-11(14)12-6-5-9(13)10-4-3-7-16-10/h3-4,7,9,13H,2,5-6,8H2,1H3,(H,12,14). The quantitative estimate of drug-likeness (QED) is 0.724. The van der Waals surface area contributed by atoms with Crippen LogP contribution in [-0.4, -0.2) is 30.8 Å². The monoisotopic (exact) mass is 227 g/mol. The Bertz CT molecular complexity index is 297. The molecule has 0 aliphatic carbocycles. The number of carbonyl (C=O) groups excluding carboxylic acids is 1. The maximum atomic E-state index is 11.1. The summed E-state index contributed by atoms with van der Waals surface area (Å²) in [5.41, 5.74) is 0. The molecule has 1 aromatic heterocycles. The number of ether oxygens (including phenoxy) is 1. The smallest absolute Gasteiger partial charge is 0.245 e. The third-order valence-corrected chi connectivity index (χ3v) is 2.05. The van der Waals surface area contributed by atoms with Gasteiger partial charge in [-0.25, -0.2) is 0 Å². The molecule has 0 radical (unpaired) electrons. The fourth-order valence-electron chi connectivity index (χ4n) is 1.22. The summed E-state index contributed by atoms with van der Waals surface area (Å²) in [6, 6.07) is 3.42. The Hall–Kier alpha value is -1.33. The van der Waals surface area contributed by atoms with Crippen molar-refractivity contribution in [3.05, 3.63) is 24.2 Å². The van der Waals surface area contributed by atoms with E-state index >= 15 is 0 Å². The number of hydrogen-bond donors (Lipinski definition) is 2. The van der Waals surface area contributed by atoms with Crippen molar-refractivity contribution < 1.29 is 19.1 Å². The number of furan rings is 1. The van der Waals surface area contributed by atoms with Crippen LogP contribution in [0.1, 0.15) is 25.2 Å². The Kier molecular flexibility index (Phi) is 5.60. The fraction of sp³-hybridized carbons (Fsp3) is 0.545. The zero-order valence-electron chi connectivity index (χ0n) is 9.31. The van der Waals surface area contributed by atoms with E-state index in [1.807, 2.05) is 6.92 Å². The third-order valence-electron chi connectivity index (χ3n) is 2.05. The van der Waals surface area contributed by atoms with Crippen molar-refractivity contribution in [3.63, 3.8) is 0 Å². The van der Waals surface area contributed by atoms with E-state index in [1.165, 1.54) is 6.26 Å². The van der Waals surface area contributed by atoms with E-state index in [2.05, 4.69) is 5.32 Å². The highest BCUT2D eigenvalue weighted by Gasteiger charge is 2.10. The summed E-state index contributed by atoms with van der Waals surface area (Å²) in [5, 5.41) is 12.3. The summed E-state index contributed by atoms with van der Waals surface area (Å²) in [6.07, 6.45) is 1.25. The van der Waals surface area contributed by atoms with Crippen molar-refractivity contribution in [1.82, 2.24) is 5.32 Å². The first-order valence-corrected chi connectivity index (χ1v) is 5.30. The Morgan fingerprint density at radius 2 is 2.50 bits per heavy atom. The highest BCUT2D eigenvalue weighted by molar-refractivity contribution is 5.77. The molecule has 16 heavy (non-hydrogen) atoms.